The van der Waals surface area contributed by atoms with Crippen molar-refractivity contribution in [1.82, 2.24) is 0 Å². The van der Waals surface area contributed by atoms with E-state index in [1.165, 1.54) is 0 Å². The van der Waals surface area contributed by atoms with Gasteiger partial charge in [0.25, 0.3) is 0 Å². The molecule has 0 unspecified atom stereocenters. The Hall–Kier alpha value is -1.65. The number of halogens is 2. The van der Waals surface area contributed by atoms with Gasteiger partial charge in [-0.3, -0.25) is 0 Å². The quantitative estimate of drug-likeness (QED) is 0.840. The number of aromatic carboxylic acids is 1. The molecule has 0 heterocycles. The first-order valence-corrected chi connectivity index (χ1v) is 4.41. The van der Waals surface area contributed by atoms with E-state index in [1.807, 2.05) is 0 Å². The van der Waals surface area contributed by atoms with E-state index in [0.717, 1.165) is 12.1 Å². The van der Waals surface area contributed by atoms with Crippen LogP contribution in [0.4, 0.5) is 8.78 Å². The lowest BCUT2D eigenvalue weighted by Crippen LogP contribution is -2.04. The second kappa shape index (κ2) is 4.72. The largest absolute Gasteiger partial charge is 0.488 e. The van der Waals surface area contributed by atoms with E-state index in [-0.39, 0.29) is 6.61 Å². The molecular weight excluding hydrogens is 206 g/mol. The molecule has 0 aliphatic carbocycles. The Kier molecular flexibility index (Phi) is 3.60. The molecule has 0 atom stereocenters. The lowest BCUT2D eigenvalue weighted by molar-refractivity contribution is 0.0695. The molecule has 0 aliphatic rings. The third-order valence-corrected chi connectivity index (χ3v) is 1.70. The van der Waals surface area contributed by atoms with Crippen molar-refractivity contribution in [2.45, 2.75) is 13.3 Å². The van der Waals surface area contributed by atoms with Crippen LogP contribution in [0, 0.1) is 11.6 Å². The molecule has 1 rings (SSSR count). The lowest BCUT2D eigenvalue weighted by Gasteiger charge is -2.07. The SMILES string of the molecule is CCCOc1c(F)cc(C(=O)O)cc1F. The first-order valence-electron chi connectivity index (χ1n) is 4.41. The van der Waals surface area contributed by atoms with Gasteiger partial charge in [0.05, 0.1) is 12.2 Å². The Morgan fingerprint density at radius 2 is 1.93 bits per heavy atom. The van der Waals surface area contributed by atoms with Crippen LogP contribution < -0.4 is 4.74 Å². The molecule has 0 aliphatic heterocycles. The standard InChI is InChI=1S/C10H10F2O3/c1-2-3-15-9-7(11)4-6(10(13)14)5-8(9)12/h4-5H,2-3H2,1H3,(H,13,14). The Labute approximate surface area is 85.3 Å². The maximum atomic E-state index is 13.2. The predicted molar refractivity (Wildman–Crippen MR) is 49.1 cm³/mol. The number of carboxylic acids is 1. The molecule has 1 aromatic carbocycles. The summed E-state index contributed by atoms with van der Waals surface area (Å²) in [6, 6.07) is 1.47. The molecule has 0 spiro atoms. The summed E-state index contributed by atoms with van der Waals surface area (Å²) in [7, 11) is 0. The van der Waals surface area contributed by atoms with Gasteiger partial charge >= 0.3 is 5.97 Å². The van der Waals surface area contributed by atoms with E-state index in [1.54, 1.807) is 6.92 Å². The van der Waals surface area contributed by atoms with Crippen molar-refractivity contribution in [2.75, 3.05) is 6.61 Å². The van der Waals surface area contributed by atoms with E-state index in [9.17, 15) is 13.6 Å². The zero-order chi connectivity index (χ0) is 11.4. The Bertz CT molecular complexity index is 354. The van der Waals surface area contributed by atoms with E-state index >= 15 is 0 Å². The number of ether oxygens (including phenoxy) is 1. The van der Waals surface area contributed by atoms with Gasteiger partial charge in [0, 0.05) is 0 Å². The molecule has 0 bridgehead atoms. The monoisotopic (exact) mass is 216 g/mol. The topological polar surface area (TPSA) is 46.5 Å². The number of hydrogen-bond donors (Lipinski definition) is 1. The minimum atomic E-state index is -1.38. The second-order valence-corrected chi connectivity index (χ2v) is 2.92. The van der Waals surface area contributed by atoms with Crippen LogP contribution in [0.2, 0.25) is 0 Å². The van der Waals surface area contributed by atoms with E-state index in [2.05, 4.69) is 0 Å². The Balaban J connectivity index is 3.04. The molecule has 0 amide bonds. The number of carbonyl (C=O) groups is 1. The Morgan fingerprint density at radius 3 is 2.33 bits per heavy atom. The highest BCUT2D eigenvalue weighted by atomic mass is 19.1. The average molecular weight is 216 g/mol. The third-order valence-electron chi connectivity index (χ3n) is 1.70. The van der Waals surface area contributed by atoms with Gasteiger partial charge in [0.1, 0.15) is 0 Å². The maximum absolute atomic E-state index is 13.2. The Morgan fingerprint density at radius 1 is 1.40 bits per heavy atom. The van der Waals surface area contributed by atoms with Gasteiger partial charge in [-0.1, -0.05) is 6.92 Å². The van der Waals surface area contributed by atoms with Crippen molar-refractivity contribution < 1.29 is 23.4 Å². The van der Waals surface area contributed by atoms with Crippen molar-refractivity contribution >= 4 is 5.97 Å². The van der Waals surface area contributed by atoms with Crippen LogP contribution in [0.1, 0.15) is 23.7 Å². The fraction of sp³-hybridized carbons (Fsp3) is 0.300. The van der Waals surface area contributed by atoms with Crippen LogP contribution in [0.25, 0.3) is 0 Å². The number of hydrogen-bond acceptors (Lipinski definition) is 2. The van der Waals surface area contributed by atoms with Crippen LogP contribution in [-0.2, 0) is 0 Å². The molecular formula is C10H10F2O3. The highest BCUT2D eigenvalue weighted by Gasteiger charge is 2.15. The highest BCUT2D eigenvalue weighted by molar-refractivity contribution is 5.87. The average Bonchev–Trinajstić information content (AvgIpc) is 2.16. The fourth-order valence-electron chi connectivity index (χ4n) is 1.03. The third kappa shape index (κ3) is 2.65. The first kappa shape index (κ1) is 11.4. The van der Waals surface area contributed by atoms with Gasteiger partial charge < -0.3 is 9.84 Å². The van der Waals surface area contributed by atoms with Crippen molar-refractivity contribution in [2.24, 2.45) is 0 Å². The van der Waals surface area contributed by atoms with Crippen molar-refractivity contribution in [3.63, 3.8) is 0 Å². The highest BCUT2D eigenvalue weighted by Crippen LogP contribution is 2.23. The maximum Gasteiger partial charge on any atom is 0.335 e. The molecule has 0 fully saturated rings. The van der Waals surface area contributed by atoms with Gasteiger partial charge in [-0.15, -0.1) is 0 Å². The molecule has 0 saturated heterocycles. The minimum absolute atomic E-state index is 0.181. The zero-order valence-corrected chi connectivity index (χ0v) is 8.09. The van der Waals surface area contributed by atoms with Gasteiger partial charge in [-0.25, -0.2) is 13.6 Å². The molecule has 15 heavy (non-hydrogen) atoms. The summed E-state index contributed by atoms with van der Waals surface area (Å²) in [5.74, 6) is -3.90. The molecule has 1 aromatic rings. The molecule has 0 saturated carbocycles. The minimum Gasteiger partial charge on any atom is -0.488 e. The van der Waals surface area contributed by atoms with E-state index < -0.39 is 28.9 Å². The molecule has 82 valence electrons. The molecule has 5 heteroatoms. The summed E-state index contributed by atoms with van der Waals surface area (Å²) in [5.41, 5.74) is -0.436. The predicted octanol–water partition coefficient (Wildman–Crippen LogP) is 2.45. The second-order valence-electron chi connectivity index (χ2n) is 2.92. The summed E-state index contributed by atoms with van der Waals surface area (Å²) in [6.07, 6.45) is 0.611. The van der Waals surface area contributed by atoms with Crippen LogP contribution in [-0.4, -0.2) is 17.7 Å². The smallest absolute Gasteiger partial charge is 0.335 e. The number of carboxylic acid groups (broad SMARTS) is 1. The lowest BCUT2D eigenvalue weighted by atomic mass is 10.2. The molecule has 1 N–H and O–H groups in total. The molecule has 3 nitrogen and oxygen atoms in total. The van der Waals surface area contributed by atoms with Gasteiger partial charge in [0.2, 0.25) is 0 Å². The summed E-state index contributed by atoms with van der Waals surface area (Å²) in [6.45, 7) is 1.97. The van der Waals surface area contributed by atoms with Crippen LogP contribution in [0.15, 0.2) is 12.1 Å². The summed E-state index contributed by atoms with van der Waals surface area (Å²) in [4.78, 5) is 10.5. The van der Waals surface area contributed by atoms with Crippen LogP contribution in [0.5, 0.6) is 5.75 Å². The summed E-state index contributed by atoms with van der Waals surface area (Å²) < 4.78 is 31.1. The van der Waals surface area contributed by atoms with Gasteiger partial charge in [-0.2, -0.15) is 0 Å². The summed E-state index contributed by atoms with van der Waals surface area (Å²) in [5, 5.41) is 8.53. The van der Waals surface area contributed by atoms with Crippen molar-refractivity contribution in [3.8, 4) is 5.75 Å². The van der Waals surface area contributed by atoms with E-state index in [4.69, 9.17) is 9.84 Å². The zero-order valence-electron chi connectivity index (χ0n) is 8.09. The fourth-order valence-corrected chi connectivity index (χ4v) is 1.03. The number of benzene rings is 1. The molecule has 0 radical (unpaired) electrons. The van der Waals surface area contributed by atoms with Crippen LogP contribution >= 0.6 is 0 Å². The summed E-state index contributed by atoms with van der Waals surface area (Å²) >= 11 is 0. The number of rotatable bonds is 4. The van der Waals surface area contributed by atoms with Gasteiger partial charge in [0.15, 0.2) is 17.4 Å². The van der Waals surface area contributed by atoms with Crippen LogP contribution in [0.3, 0.4) is 0 Å². The van der Waals surface area contributed by atoms with Crippen molar-refractivity contribution in [1.29, 1.82) is 0 Å². The normalized spacial score (nSPS) is 10.1. The van der Waals surface area contributed by atoms with Crippen molar-refractivity contribution in [3.05, 3.63) is 29.3 Å². The molecule has 0 aromatic heterocycles. The van der Waals surface area contributed by atoms with E-state index in [0.29, 0.717) is 6.42 Å². The first-order chi connectivity index (χ1) is 7.06. The van der Waals surface area contributed by atoms with Gasteiger partial charge in [-0.05, 0) is 18.6 Å².